The van der Waals surface area contributed by atoms with Crippen molar-refractivity contribution in [1.82, 2.24) is 0 Å². The maximum Gasteiger partial charge on any atom is 0.0642 e. The van der Waals surface area contributed by atoms with Gasteiger partial charge in [-0.3, -0.25) is 0 Å². The van der Waals surface area contributed by atoms with Gasteiger partial charge in [0.15, 0.2) is 0 Å². The molecule has 1 rings (SSSR count). The lowest BCUT2D eigenvalue weighted by molar-refractivity contribution is 0.419. The average Bonchev–Trinajstić information content (AvgIpc) is 2.14. The summed E-state index contributed by atoms with van der Waals surface area (Å²) in [5, 5.41) is 0.768. The molecule has 0 unspecified atom stereocenters. The van der Waals surface area contributed by atoms with Gasteiger partial charge in [-0.05, 0) is 23.1 Å². The summed E-state index contributed by atoms with van der Waals surface area (Å²) >= 11 is 12.0. The summed E-state index contributed by atoms with van der Waals surface area (Å²) in [5.74, 6) is 0.503. The van der Waals surface area contributed by atoms with Gasteiger partial charge in [-0.1, -0.05) is 38.4 Å². The number of hydrogen-bond acceptors (Lipinski definition) is 1. The van der Waals surface area contributed by atoms with Crippen molar-refractivity contribution >= 4 is 28.9 Å². The maximum atomic E-state index is 6.23. The molecule has 0 fully saturated rings. The number of alkyl halides is 1. The molecule has 0 heterocycles. The smallest absolute Gasteiger partial charge is 0.0642 e. The summed E-state index contributed by atoms with van der Waals surface area (Å²) in [6.45, 7) is 7.60. The fourth-order valence-corrected chi connectivity index (χ4v) is 2.25. The van der Waals surface area contributed by atoms with Crippen LogP contribution in [0.15, 0.2) is 18.2 Å². The Labute approximate surface area is 108 Å². The Hall–Kier alpha value is -0.400. The van der Waals surface area contributed by atoms with E-state index in [1.165, 1.54) is 0 Å². The summed E-state index contributed by atoms with van der Waals surface area (Å²) in [6, 6.07) is 5.99. The molecule has 0 saturated carbocycles. The third kappa shape index (κ3) is 3.88. The first-order valence-corrected chi connectivity index (χ1v) is 6.30. The molecule has 16 heavy (non-hydrogen) atoms. The van der Waals surface area contributed by atoms with Gasteiger partial charge in [-0.25, -0.2) is 0 Å². The van der Waals surface area contributed by atoms with Gasteiger partial charge < -0.3 is 4.90 Å². The fraction of sp³-hybridized carbons (Fsp3) is 0.538. The molecule has 0 atom stereocenters. The van der Waals surface area contributed by atoms with Gasteiger partial charge in [0.2, 0.25) is 0 Å². The van der Waals surface area contributed by atoms with Crippen LogP contribution >= 0.6 is 23.2 Å². The summed E-state index contributed by atoms with van der Waals surface area (Å²) < 4.78 is 0. The summed E-state index contributed by atoms with van der Waals surface area (Å²) in [5.41, 5.74) is 2.37. The second-order valence-electron chi connectivity index (χ2n) is 5.34. The lowest BCUT2D eigenvalue weighted by atomic mass is 9.96. The molecule has 0 radical (unpaired) electrons. The Morgan fingerprint density at radius 3 is 2.31 bits per heavy atom. The number of rotatable bonds is 3. The molecule has 3 heteroatoms. The van der Waals surface area contributed by atoms with Gasteiger partial charge in [0.05, 0.1) is 10.7 Å². The van der Waals surface area contributed by atoms with Crippen LogP contribution in [0.25, 0.3) is 0 Å². The van der Waals surface area contributed by atoms with Crippen molar-refractivity contribution in [3.05, 3.63) is 28.8 Å². The van der Waals surface area contributed by atoms with Gasteiger partial charge in [0, 0.05) is 19.5 Å². The first-order chi connectivity index (χ1) is 7.33. The average molecular weight is 260 g/mol. The van der Waals surface area contributed by atoms with Crippen molar-refractivity contribution in [3.63, 3.8) is 0 Å². The molecule has 0 amide bonds. The predicted molar refractivity (Wildman–Crippen MR) is 73.7 cm³/mol. The van der Waals surface area contributed by atoms with Crippen LogP contribution in [0.1, 0.15) is 26.3 Å². The molecule has 0 aromatic heterocycles. The molecule has 0 aliphatic heterocycles. The zero-order chi connectivity index (χ0) is 12.3. The van der Waals surface area contributed by atoms with Crippen LogP contribution < -0.4 is 4.90 Å². The Balaban J connectivity index is 2.88. The van der Waals surface area contributed by atoms with E-state index in [9.17, 15) is 0 Å². The number of halogens is 2. The highest BCUT2D eigenvalue weighted by atomic mass is 35.5. The third-order valence-electron chi connectivity index (χ3n) is 2.29. The molecule has 0 saturated heterocycles. The van der Waals surface area contributed by atoms with E-state index in [-0.39, 0.29) is 5.41 Å². The quantitative estimate of drug-likeness (QED) is 0.720. The van der Waals surface area contributed by atoms with Crippen LogP contribution in [0.3, 0.4) is 0 Å². The SMILES string of the molecule is CN(CC(C)(C)C)c1ccc(CCl)cc1Cl. The third-order valence-corrected chi connectivity index (χ3v) is 2.90. The molecule has 90 valence electrons. The molecular weight excluding hydrogens is 241 g/mol. The molecule has 0 bridgehead atoms. The summed E-state index contributed by atoms with van der Waals surface area (Å²) in [7, 11) is 2.06. The van der Waals surface area contributed by atoms with Gasteiger partial charge in [0.1, 0.15) is 0 Å². The Morgan fingerprint density at radius 1 is 1.25 bits per heavy atom. The second kappa shape index (κ2) is 5.29. The van der Waals surface area contributed by atoms with E-state index in [4.69, 9.17) is 23.2 Å². The highest BCUT2D eigenvalue weighted by Gasteiger charge is 2.15. The highest BCUT2D eigenvalue weighted by Crippen LogP contribution is 2.28. The summed E-state index contributed by atoms with van der Waals surface area (Å²) in [4.78, 5) is 2.18. The van der Waals surface area contributed by atoms with Crippen molar-refractivity contribution in [1.29, 1.82) is 0 Å². The number of nitrogens with zero attached hydrogens (tertiary/aromatic N) is 1. The first kappa shape index (κ1) is 13.7. The van der Waals surface area contributed by atoms with Gasteiger partial charge in [0.25, 0.3) is 0 Å². The van der Waals surface area contributed by atoms with Crippen LogP contribution in [-0.4, -0.2) is 13.6 Å². The van der Waals surface area contributed by atoms with E-state index in [2.05, 4.69) is 32.7 Å². The zero-order valence-electron chi connectivity index (χ0n) is 10.3. The van der Waals surface area contributed by atoms with Crippen LogP contribution in [0.5, 0.6) is 0 Å². The van der Waals surface area contributed by atoms with Crippen LogP contribution in [0.2, 0.25) is 5.02 Å². The number of benzene rings is 1. The van der Waals surface area contributed by atoms with Gasteiger partial charge in [-0.15, -0.1) is 11.6 Å². The second-order valence-corrected chi connectivity index (χ2v) is 6.01. The first-order valence-electron chi connectivity index (χ1n) is 5.39. The molecule has 0 aliphatic rings. The van der Waals surface area contributed by atoms with Crippen LogP contribution in [0.4, 0.5) is 5.69 Å². The van der Waals surface area contributed by atoms with Crippen molar-refractivity contribution in [2.24, 2.45) is 5.41 Å². The molecule has 1 nitrogen and oxygen atoms in total. The molecular formula is C13H19Cl2N. The molecule has 0 aliphatic carbocycles. The summed E-state index contributed by atoms with van der Waals surface area (Å²) in [6.07, 6.45) is 0. The number of hydrogen-bond donors (Lipinski definition) is 0. The lowest BCUT2D eigenvalue weighted by Crippen LogP contribution is -2.29. The van der Waals surface area contributed by atoms with Crippen molar-refractivity contribution in [2.75, 3.05) is 18.5 Å². The molecule has 1 aromatic rings. The Bertz CT molecular complexity index is 355. The Kier molecular flexibility index (Phi) is 4.52. The monoisotopic (exact) mass is 259 g/mol. The predicted octanol–water partition coefficient (Wildman–Crippen LogP) is 4.56. The minimum atomic E-state index is 0.253. The molecule has 1 aromatic carbocycles. The highest BCUT2D eigenvalue weighted by molar-refractivity contribution is 6.33. The van der Waals surface area contributed by atoms with Crippen molar-refractivity contribution in [2.45, 2.75) is 26.7 Å². The minimum absolute atomic E-state index is 0.253. The van der Waals surface area contributed by atoms with Gasteiger partial charge >= 0.3 is 0 Å². The topological polar surface area (TPSA) is 3.24 Å². The fourth-order valence-electron chi connectivity index (χ4n) is 1.74. The van der Waals surface area contributed by atoms with Gasteiger partial charge in [-0.2, -0.15) is 0 Å². The Morgan fingerprint density at radius 2 is 1.88 bits per heavy atom. The lowest BCUT2D eigenvalue weighted by Gasteiger charge is -2.29. The van der Waals surface area contributed by atoms with E-state index in [1.54, 1.807) is 0 Å². The largest absolute Gasteiger partial charge is 0.373 e. The van der Waals surface area contributed by atoms with E-state index >= 15 is 0 Å². The molecule has 0 spiro atoms. The van der Waals surface area contributed by atoms with E-state index in [0.717, 1.165) is 22.8 Å². The van der Waals surface area contributed by atoms with E-state index < -0.39 is 0 Å². The maximum absolute atomic E-state index is 6.23. The normalized spacial score (nSPS) is 11.6. The van der Waals surface area contributed by atoms with Crippen molar-refractivity contribution in [3.8, 4) is 0 Å². The standard InChI is InChI=1S/C13H19Cl2N/c1-13(2,3)9-16(4)12-6-5-10(8-14)7-11(12)15/h5-7H,8-9H2,1-4H3. The zero-order valence-corrected chi connectivity index (χ0v) is 11.9. The van der Waals surface area contributed by atoms with Crippen LogP contribution in [0, 0.1) is 5.41 Å². The number of anilines is 1. The van der Waals surface area contributed by atoms with E-state index in [1.807, 2.05) is 18.2 Å². The van der Waals surface area contributed by atoms with Crippen molar-refractivity contribution < 1.29 is 0 Å². The van der Waals surface area contributed by atoms with Crippen LogP contribution in [-0.2, 0) is 5.88 Å². The minimum Gasteiger partial charge on any atom is -0.373 e. The van der Waals surface area contributed by atoms with E-state index in [0.29, 0.717) is 5.88 Å². The molecule has 0 N–H and O–H groups in total.